The molecule has 24 heavy (non-hydrogen) atoms. The van der Waals surface area contributed by atoms with Crippen molar-refractivity contribution in [2.24, 2.45) is 5.41 Å². The van der Waals surface area contributed by atoms with E-state index in [0.29, 0.717) is 11.7 Å². The zero-order chi connectivity index (χ0) is 17.2. The highest BCUT2D eigenvalue weighted by atomic mass is 32.1. The molecular formula is C17H21N5OS. The lowest BCUT2D eigenvalue weighted by atomic mass is 9.86. The first-order valence-electron chi connectivity index (χ1n) is 7.80. The number of urea groups is 1. The fourth-order valence-electron chi connectivity index (χ4n) is 2.36. The van der Waals surface area contributed by atoms with E-state index in [-0.39, 0.29) is 17.5 Å². The molecule has 126 valence electrons. The van der Waals surface area contributed by atoms with Crippen LogP contribution in [0.15, 0.2) is 43.0 Å². The van der Waals surface area contributed by atoms with Gasteiger partial charge in [0, 0.05) is 18.9 Å². The number of nitrogens with zero attached hydrogens (tertiary/aromatic N) is 3. The third-order valence-electron chi connectivity index (χ3n) is 3.82. The molecule has 3 rings (SSSR count). The van der Waals surface area contributed by atoms with Gasteiger partial charge >= 0.3 is 6.03 Å². The number of thiazole rings is 1. The van der Waals surface area contributed by atoms with Crippen molar-refractivity contribution in [1.29, 1.82) is 0 Å². The Kier molecular flexibility index (Phi) is 4.53. The molecule has 0 bridgehead atoms. The predicted molar refractivity (Wildman–Crippen MR) is 97.2 cm³/mol. The summed E-state index contributed by atoms with van der Waals surface area (Å²) >= 11 is 1.47. The van der Waals surface area contributed by atoms with Gasteiger partial charge < -0.3 is 9.88 Å². The van der Waals surface area contributed by atoms with Crippen molar-refractivity contribution in [3.8, 4) is 0 Å². The molecule has 6 nitrogen and oxygen atoms in total. The van der Waals surface area contributed by atoms with Crippen LogP contribution in [-0.2, 0) is 6.54 Å². The van der Waals surface area contributed by atoms with E-state index >= 15 is 0 Å². The van der Waals surface area contributed by atoms with Crippen molar-refractivity contribution in [3.05, 3.63) is 43.0 Å². The van der Waals surface area contributed by atoms with Crippen LogP contribution in [0.25, 0.3) is 10.2 Å². The van der Waals surface area contributed by atoms with Crippen LogP contribution in [0.1, 0.15) is 20.8 Å². The molecule has 2 aromatic heterocycles. The minimum Gasteiger partial charge on any atom is -0.335 e. The average molecular weight is 343 g/mol. The number of carbonyl (C=O) groups is 1. The Labute approximate surface area is 144 Å². The zero-order valence-electron chi connectivity index (χ0n) is 14.0. The smallest absolute Gasteiger partial charge is 0.321 e. The highest BCUT2D eigenvalue weighted by molar-refractivity contribution is 7.22. The van der Waals surface area contributed by atoms with Crippen LogP contribution in [0.3, 0.4) is 0 Å². The van der Waals surface area contributed by atoms with Crippen molar-refractivity contribution in [3.63, 3.8) is 0 Å². The summed E-state index contributed by atoms with van der Waals surface area (Å²) in [7, 11) is 0. The van der Waals surface area contributed by atoms with Crippen LogP contribution in [0.5, 0.6) is 0 Å². The second-order valence-corrected chi connectivity index (χ2v) is 7.79. The maximum atomic E-state index is 12.4. The minimum atomic E-state index is -0.242. The number of hydrogen-bond acceptors (Lipinski definition) is 4. The van der Waals surface area contributed by atoms with Gasteiger partial charge in [0.15, 0.2) is 5.13 Å². The largest absolute Gasteiger partial charge is 0.335 e. The second-order valence-electron chi connectivity index (χ2n) is 6.76. The van der Waals surface area contributed by atoms with Gasteiger partial charge in [-0.05, 0) is 17.5 Å². The molecule has 0 radical (unpaired) electrons. The summed E-state index contributed by atoms with van der Waals surface area (Å²) in [5, 5.41) is 6.50. The molecule has 0 aliphatic carbocycles. The van der Waals surface area contributed by atoms with E-state index in [1.807, 2.05) is 35.0 Å². The number of amides is 2. The normalized spacial score (nSPS) is 13.0. The van der Waals surface area contributed by atoms with Gasteiger partial charge in [-0.3, -0.25) is 5.32 Å². The van der Waals surface area contributed by atoms with E-state index in [1.54, 1.807) is 12.5 Å². The van der Waals surface area contributed by atoms with Crippen molar-refractivity contribution in [1.82, 2.24) is 19.9 Å². The number of nitrogens with one attached hydrogen (secondary N) is 2. The van der Waals surface area contributed by atoms with Gasteiger partial charge in [-0.1, -0.05) is 44.2 Å². The van der Waals surface area contributed by atoms with Crippen LogP contribution in [-0.4, -0.2) is 26.6 Å². The van der Waals surface area contributed by atoms with Gasteiger partial charge in [0.05, 0.1) is 22.6 Å². The zero-order valence-corrected chi connectivity index (χ0v) is 14.8. The highest BCUT2D eigenvalue weighted by Crippen LogP contribution is 2.26. The Hall–Kier alpha value is -2.41. The molecule has 2 N–H and O–H groups in total. The molecule has 0 aliphatic rings. The van der Waals surface area contributed by atoms with Crippen molar-refractivity contribution >= 4 is 32.7 Å². The number of carbonyl (C=O) groups excluding carboxylic acids is 1. The van der Waals surface area contributed by atoms with E-state index in [9.17, 15) is 4.79 Å². The molecule has 0 aliphatic heterocycles. The average Bonchev–Trinajstić information content (AvgIpc) is 3.13. The number of para-hydroxylation sites is 1. The Morgan fingerprint density at radius 3 is 2.79 bits per heavy atom. The van der Waals surface area contributed by atoms with Crippen molar-refractivity contribution < 1.29 is 4.79 Å². The maximum Gasteiger partial charge on any atom is 0.321 e. The molecule has 0 unspecified atom stereocenters. The fourth-order valence-corrected chi connectivity index (χ4v) is 3.22. The van der Waals surface area contributed by atoms with Gasteiger partial charge in [0.25, 0.3) is 0 Å². The molecule has 7 heteroatoms. The number of anilines is 1. The Morgan fingerprint density at radius 1 is 1.33 bits per heavy atom. The summed E-state index contributed by atoms with van der Waals surface area (Å²) in [5.41, 5.74) is 0.804. The third kappa shape index (κ3) is 3.91. The summed E-state index contributed by atoms with van der Waals surface area (Å²) in [6.45, 7) is 6.97. The molecule has 0 saturated heterocycles. The lowest BCUT2D eigenvalue weighted by Gasteiger charge is -2.31. The van der Waals surface area contributed by atoms with Crippen molar-refractivity contribution in [2.45, 2.75) is 33.4 Å². The van der Waals surface area contributed by atoms with Crippen LogP contribution in [0.2, 0.25) is 0 Å². The van der Waals surface area contributed by atoms with Crippen LogP contribution >= 0.6 is 11.3 Å². The monoisotopic (exact) mass is 343 g/mol. The van der Waals surface area contributed by atoms with E-state index in [4.69, 9.17) is 0 Å². The Balaban J connectivity index is 1.68. The summed E-state index contributed by atoms with van der Waals surface area (Å²) in [5.74, 6) is 0. The van der Waals surface area contributed by atoms with Gasteiger partial charge in [0.1, 0.15) is 0 Å². The molecule has 1 aromatic carbocycles. The van der Waals surface area contributed by atoms with E-state index < -0.39 is 0 Å². The SMILES string of the molecule is CC(C)(C)[C@H](Cn1ccnc1)NC(=O)Nc1nc2ccccc2s1. The molecular weight excluding hydrogens is 322 g/mol. The summed E-state index contributed by atoms with van der Waals surface area (Å²) in [6.07, 6.45) is 5.39. The Bertz CT molecular complexity index is 786. The van der Waals surface area contributed by atoms with Crippen LogP contribution < -0.4 is 10.6 Å². The fraction of sp³-hybridized carbons (Fsp3) is 0.353. The van der Waals surface area contributed by atoms with Gasteiger partial charge in [-0.15, -0.1) is 0 Å². The first kappa shape index (κ1) is 16.4. The van der Waals surface area contributed by atoms with Gasteiger partial charge in [0.2, 0.25) is 0 Å². The number of hydrogen-bond donors (Lipinski definition) is 2. The number of benzene rings is 1. The van der Waals surface area contributed by atoms with E-state index in [1.165, 1.54) is 11.3 Å². The highest BCUT2D eigenvalue weighted by Gasteiger charge is 2.26. The molecule has 0 saturated carbocycles. The predicted octanol–water partition coefficient (Wildman–Crippen LogP) is 3.73. The molecule has 2 heterocycles. The molecule has 1 atom stereocenters. The minimum absolute atomic E-state index is 0.0407. The number of imidazole rings is 1. The molecule has 3 aromatic rings. The molecule has 2 amide bonds. The van der Waals surface area contributed by atoms with E-state index in [2.05, 4.69) is 41.4 Å². The second kappa shape index (κ2) is 6.60. The molecule has 0 spiro atoms. The van der Waals surface area contributed by atoms with Gasteiger partial charge in [-0.25, -0.2) is 14.8 Å². The third-order valence-corrected chi connectivity index (χ3v) is 4.77. The van der Waals surface area contributed by atoms with Gasteiger partial charge in [-0.2, -0.15) is 0 Å². The quantitative estimate of drug-likeness (QED) is 0.758. The van der Waals surface area contributed by atoms with E-state index in [0.717, 1.165) is 10.2 Å². The maximum absolute atomic E-state index is 12.4. The summed E-state index contributed by atoms with van der Waals surface area (Å²) in [4.78, 5) is 20.9. The number of rotatable bonds is 4. The van der Waals surface area contributed by atoms with Crippen molar-refractivity contribution in [2.75, 3.05) is 5.32 Å². The first-order valence-corrected chi connectivity index (χ1v) is 8.62. The molecule has 0 fully saturated rings. The summed E-state index contributed by atoms with van der Waals surface area (Å²) in [6, 6.07) is 7.55. The van der Waals surface area contributed by atoms with Crippen LogP contribution in [0, 0.1) is 5.41 Å². The standard InChI is InChI=1S/C17H21N5OS/c1-17(2,3)14(10-22-9-8-18-11-22)20-15(23)21-16-19-12-6-4-5-7-13(12)24-16/h4-9,11,14H,10H2,1-3H3,(H2,19,20,21,23)/t14-/m0/s1. The first-order chi connectivity index (χ1) is 11.4. The van der Waals surface area contributed by atoms with Crippen LogP contribution in [0.4, 0.5) is 9.93 Å². The number of fused-ring (bicyclic) bond motifs is 1. The lowest BCUT2D eigenvalue weighted by molar-refractivity contribution is 0.219. The Morgan fingerprint density at radius 2 is 2.12 bits per heavy atom. The lowest BCUT2D eigenvalue weighted by Crippen LogP contribution is -2.47. The topological polar surface area (TPSA) is 71.8 Å². The number of aromatic nitrogens is 3. The summed E-state index contributed by atoms with van der Waals surface area (Å²) < 4.78 is 3.02.